The quantitative estimate of drug-likeness (QED) is 0.0278. The Morgan fingerprint density at radius 1 is 0.336 bits per heavy atom. The van der Waals surface area contributed by atoms with E-state index >= 15 is 0 Å². The monoisotopic (exact) mass is 1900 g/mol. The molecule has 4 heterocycles. The normalized spacial score (nSPS) is 12.5. The van der Waals surface area contributed by atoms with Crippen LogP contribution in [0, 0.1) is 83.1 Å². The Labute approximate surface area is 834 Å². The fourth-order valence-corrected chi connectivity index (χ4v) is 22.5. The smallest absolute Gasteiger partial charge is 0.341 e. The number of thiophene rings is 2. The molecule has 716 valence electrons. The number of aromatic nitrogens is 4. The lowest BCUT2D eigenvalue weighted by molar-refractivity contribution is 0.0511. The number of rotatable bonds is 35. The number of hydrogen-bond donors (Lipinski definition) is 0. The Morgan fingerprint density at radius 3 is 1.02 bits per heavy atom. The van der Waals surface area contributed by atoms with Crippen LogP contribution in [0.3, 0.4) is 0 Å². The summed E-state index contributed by atoms with van der Waals surface area (Å²) in [4.78, 5) is 34.9. The molecule has 11 aromatic carbocycles. The van der Waals surface area contributed by atoms with Crippen molar-refractivity contribution in [2.24, 2.45) is 0 Å². The van der Waals surface area contributed by atoms with Crippen molar-refractivity contribution < 1.29 is 28.5 Å². The zero-order chi connectivity index (χ0) is 97.5. The van der Waals surface area contributed by atoms with Gasteiger partial charge in [-0.2, -0.15) is 17.5 Å². The second-order valence-electron chi connectivity index (χ2n) is 37.7. The van der Waals surface area contributed by atoms with Crippen molar-refractivity contribution in [3.05, 3.63) is 334 Å². The molecule has 0 aliphatic heterocycles. The Bertz CT molecular complexity index is 6150. The van der Waals surface area contributed by atoms with Crippen LogP contribution in [0.25, 0.3) is 65.2 Å². The molecule has 0 saturated carbocycles. The molecule has 0 amide bonds. The first-order valence-electron chi connectivity index (χ1n) is 50.3. The highest BCUT2D eigenvalue weighted by atomic mass is 32.1. The standard InChI is InChI=1S/C45H54O6.C27H38.C24H27N.C18H16N2S3.C8H8N2S/c1-7-11-13-15-25-50-41-23-19-33(29-37(41)43(46)48-9-3)45(39-27-31(5)17-21-35(39)36-22-18-32(6)28-40(36)45)34-20-24-42(51-26-16-14-12-8-2)38(30-34)44(47)49-10-4;1-5-7-9-11-17-27(18-12-10-8-6-2)25-19-21(3)13-15-23(25)24-16-14-22(4)20-26(24)27;1-5-20(4)21-10-16-24(17-11-21)25(22-12-6-18(2)7-13-22)23-14-8-19(3)9-15-23;1-9-7-15(21-11(9)3)13-5-6-14(18-17(13)19-23-20-18)16-8-10(2)12(4)22-16;1-5-3-4-6(2)8-7(5)9-11-10-8/h17-24,27-30H,7-16,25-26H2,1-6H3;13-16,19-20H,5-12,17-18H2,1-4H3;6-17,20H,5H2,1-4H3;5-8H,1-4H3;3-4H,1-2H3. The van der Waals surface area contributed by atoms with Crippen LogP contribution >= 0.6 is 46.1 Å². The third-order valence-electron chi connectivity index (χ3n) is 27.4. The molecular formula is C122H143N5O6S4. The number of carbonyl (C=O) groups excluding carboxylic acids is 2. The average Bonchev–Trinajstić information content (AvgIpc) is 1.54. The fraction of sp³-hybridized carbons (Fsp3) is 0.377. The molecule has 2 aliphatic rings. The van der Waals surface area contributed by atoms with Gasteiger partial charge in [-0.1, -0.05) is 310 Å². The molecule has 11 nitrogen and oxygen atoms in total. The van der Waals surface area contributed by atoms with Crippen molar-refractivity contribution in [3.8, 4) is 54.6 Å². The Kier molecular flexibility index (Phi) is 36.8. The van der Waals surface area contributed by atoms with Crippen LogP contribution in [-0.2, 0) is 20.3 Å². The summed E-state index contributed by atoms with van der Waals surface area (Å²) in [7, 11) is 0. The lowest BCUT2D eigenvalue weighted by Crippen LogP contribution is -2.30. The molecule has 1 atom stereocenters. The Balaban J connectivity index is 0.000000156. The first-order valence-corrected chi connectivity index (χ1v) is 53.4. The number of fused-ring (bicyclic) bond motifs is 8. The summed E-state index contributed by atoms with van der Waals surface area (Å²) in [5.41, 5.74) is 36.7. The zero-order valence-corrected chi connectivity index (χ0v) is 88.2. The van der Waals surface area contributed by atoms with Crippen molar-refractivity contribution in [1.82, 2.24) is 17.5 Å². The van der Waals surface area contributed by atoms with E-state index < -0.39 is 17.4 Å². The van der Waals surface area contributed by atoms with Crippen molar-refractivity contribution in [3.63, 3.8) is 0 Å². The molecule has 0 bridgehead atoms. The van der Waals surface area contributed by atoms with Crippen LogP contribution in [0.1, 0.15) is 308 Å². The van der Waals surface area contributed by atoms with E-state index in [9.17, 15) is 9.59 Å². The van der Waals surface area contributed by atoms with Crippen LogP contribution in [0.2, 0.25) is 0 Å². The number of hydrogen-bond acceptors (Lipinski definition) is 15. The highest BCUT2D eigenvalue weighted by Gasteiger charge is 2.48. The number of nitrogens with zero attached hydrogens (tertiary/aromatic N) is 5. The van der Waals surface area contributed by atoms with E-state index in [1.54, 1.807) is 11.1 Å². The van der Waals surface area contributed by atoms with E-state index in [4.69, 9.17) is 18.9 Å². The van der Waals surface area contributed by atoms with Crippen LogP contribution in [0.5, 0.6) is 11.5 Å². The number of esters is 2. The Morgan fingerprint density at radius 2 is 0.672 bits per heavy atom. The summed E-state index contributed by atoms with van der Waals surface area (Å²) in [5.74, 6) is 0.763. The molecular weight excluding hydrogens is 1760 g/mol. The van der Waals surface area contributed by atoms with Gasteiger partial charge in [-0.25, -0.2) is 9.59 Å². The van der Waals surface area contributed by atoms with E-state index in [0.717, 1.165) is 118 Å². The lowest BCUT2D eigenvalue weighted by atomic mass is 9.66. The maximum Gasteiger partial charge on any atom is 0.341 e. The van der Waals surface area contributed by atoms with Gasteiger partial charge in [0.1, 0.15) is 44.7 Å². The molecule has 17 rings (SSSR count). The maximum atomic E-state index is 13.7. The molecule has 1 unspecified atom stereocenters. The van der Waals surface area contributed by atoms with Gasteiger partial charge in [0.2, 0.25) is 0 Å². The molecule has 15 aromatic rings. The van der Waals surface area contributed by atoms with Gasteiger partial charge in [0.25, 0.3) is 0 Å². The van der Waals surface area contributed by atoms with E-state index in [0.29, 0.717) is 41.8 Å². The van der Waals surface area contributed by atoms with Crippen LogP contribution in [0.4, 0.5) is 17.1 Å². The predicted molar refractivity (Wildman–Crippen MR) is 583 cm³/mol. The molecule has 0 radical (unpaired) electrons. The third kappa shape index (κ3) is 24.2. The molecule has 15 heteroatoms. The molecule has 0 saturated heterocycles. The summed E-state index contributed by atoms with van der Waals surface area (Å²) >= 11 is 6.25. The van der Waals surface area contributed by atoms with Crippen molar-refractivity contribution in [2.75, 3.05) is 31.3 Å². The highest BCUT2D eigenvalue weighted by Crippen LogP contribution is 2.59. The van der Waals surface area contributed by atoms with Gasteiger partial charge >= 0.3 is 11.9 Å². The minimum atomic E-state index is -0.884. The maximum absolute atomic E-state index is 13.7. The van der Waals surface area contributed by atoms with Crippen molar-refractivity contribution in [1.29, 1.82) is 0 Å². The average molecular weight is 1900 g/mol. The van der Waals surface area contributed by atoms with E-state index in [1.807, 2.05) is 60.8 Å². The number of unbranched alkanes of at least 4 members (excludes halogenated alkanes) is 12. The first kappa shape index (κ1) is 103. The van der Waals surface area contributed by atoms with Gasteiger partial charge in [-0.15, -0.1) is 22.7 Å². The summed E-state index contributed by atoms with van der Waals surface area (Å²) in [6.07, 6.45) is 23.1. The van der Waals surface area contributed by atoms with Gasteiger partial charge in [-0.3, -0.25) is 0 Å². The van der Waals surface area contributed by atoms with Gasteiger partial charge in [0.05, 0.1) is 55.3 Å². The summed E-state index contributed by atoms with van der Waals surface area (Å²) in [6.45, 7) is 44.4. The molecule has 137 heavy (non-hydrogen) atoms. The first-order chi connectivity index (χ1) is 66.3. The third-order valence-corrected chi connectivity index (χ3v) is 30.8. The second-order valence-corrected chi connectivity index (χ2v) is 41.3. The largest absolute Gasteiger partial charge is 0.493 e. The van der Waals surface area contributed by atoms with Gasteiger partial charge in [0, 0.05) is 53.1 Å². The number of anilines is 3. The molecule has 2 aliphatic carbocycles. The summed E-state index contributed by atoms with van der Waals surface area (Å²) in [6, 6.07) is 78.8. The van der Waals surface area contributed by atoms with Gasteiger partial charge in [0.15, 0.2) is 0 Å². The van der Waals surface area contributed by atoms with Crippen molar-refractivity contribution >= 4 is 97.2 Å². The topological polar surface area (TPSA) is 126 Å². The SMILES string of the molecule is CCC(C)c1ccc(N(c2ccc(C)cc2)c2ccc(C)cc2)cc1.CCCCCCC1(CCCCCC)c2cc(C)ccc2-c2ccc(C)cc21.CCCCCCOc1ccc(C2(c3ccc(OCCCCCC)c(C(=O)OCC)c3)c3cc(C)ccc3-c3ccc(C)cc32)cc1C(=O)OCC.Cc1cc(-c2ccc(-c3cc(C)c(C)s3)c3nsnc23)sc1C.Cc1ccc(C)c2nsnc12. The van der Waals surface area contributed by atoms with Crippen LogP contribution in [0.15, 0.2) is 218 Å². The number of ether oxygens (including phenoxy) is 4. The van der Waals surface area contributed by atoms with Crippen molar-refractivity contribution in [2.45, 2.75) is 277 Å². The summed E-state index contributed by atoms with van der Waals surface area (Å²) < 4.78 is 41.3. The van der Waals surface area contributed by atoms with E-state index in [1.165, 1.54) is 203 Å². The van der Waals surface area contributed by atoms with E-state index in [2.05, 4.69) is 341 Å². The minimum absolute atomic E-state index is 0.240. The molecule has 0 N–H and O–H groups in total. The number of aryl methyl sites for hydroxylation is 12. The number of benzene rings is 11. The van der Waals surface area contributed by atoms with Crippen LogP contribution in [-0.4, -0.2) is 55.9 Å². The molecule has 0 spiro atoms. The summed E-state index contributed by atoms with van der Waals surface area (Å²) in [5, 5.41) is 0. The van der Waals surface area contributed by atoms with Crippen LogP contribution < -0.4 is 14.4 Å². The zero-order valence-electron chi connectivity index (χ0n) is 84.9. The number of carbonyl (C=O) groups is 2. The van der Waals surface area contributed by atoms with Gasteiger partial charge < -0.3 is 23.8 Å². The second kappa shape index (κ2) is 48.9. The Hall–Kier alpha value is -11.2. The van der Waals surface area contributed by atoms with Gasteiger partial charge in [-0.05, 0) is 291 Å². The molecule has 4 aromatic heterocycles. The van der Waals surface area contributed by atoms with E-state index in [-0.39, 0.29) is 18.6 Å². The predicted octanol–water partition coefficient (Wildman–Crippen LogP) is 35.4. The molecule has 0 fully saturated rings. The lowest BCUT2D eigenvalue weighted by Gasteiger charge is -2.35. The fourth-order valence-electron chi connectivity index (χ4n) is 19.2. The minimum Gasteiger partial charge on any atom is -0.493 e. The highest BCUT2D eigenvalue weighted by molar-refractivity contribution is 7.16.